The minimum Gasteiger partial charge on any atom is -0.287 e. The van der Waals surface area contributed by atoms with Crippen LogP contribution in [0.5, 0.6) is 0 Å². The maximum atomic E-state index is 12.0. The van der Waals surface area contributed by atoms with Gasteiger partial charge in [0.25, 0.3) is 11.8 Å². The highest BCUT2D eigenvalue weighted by atomic mass is 79.9. The van der Waals surface area contributed by atoms with Crippen LogP contribution in [0.25, 0.3) is 0 Å². The van der Waals surface area contributed by atoms with Crippen LogP contribution in [0, 0.1) is 0 Å². The van der Waals surface area contributed by atoms with Crippen molar-refractivity contribution in [2.45, 2.75) is 12.5 Å². The summed E-state index contributed by atoms with van der Waals surface area (Å²) in [4.78, 5) is 35.7. The minimum atomic E-state index is -0.758. The Balaban J connectivity index is 1.98. The van der Waals surface area contributed by atoms with E-state index in [-0.39, 0.29) is 18.2 Å². The number of carbonyl (C=O) groups excluding carboxylic acids is 3. The summed E-state index contributed by atoms with van der Waals surface area (Å²) < 4.78 is 0.646. The van der Waals surface area contributed by atoms with Crippen molar-refractivity contribution in [3.05, 3.63) is 34.3 Å². The quantitative estimate of drug-likeness (QED) is 0.599. The Bertz CT molecular complexity index is 591. The molecule has 1 heterocycles. The van der Waals surface area contributed by atoms with Crippen molar-refractivity contribution in [3.8, 4) is 0 Å². The van der Waals surface area contributed by atoms with E-state index in [1.807, 2.05) is 0 Å². The van der Waals surface area contributed by atoms with Crippen molar-refractivity contribution in [1.82, 2.24) is 20.9 Å². The van der Waals surface area contributed by atoms with Crippen LogP contribution >= 0.6 is 15.9 Å². The van der Waals surface area contributed by atoms with E-state index in [9.17, 15) is 14.4 Å². The fourth-order valence-corrected chi connectivity index (χ4v) is 2.48. The van der Waals surface area contributed by atoms with Gasteiger partial charge < -0.3 is 0 Å². The monoisotopic (exact) mass is 354 g/mol. The Labute approximate surface area is 130 Å². The molecule has 1 aliphatic rings. The SMILES string of the molecule is CN(C)N1C(=O)C[C@H](NNC(=O)c2ccccc2Br)C1=O. The third kappa shape index (κ3) is 3.29. The van der Waals surface area contributed by atoms with Gasteiger partial charge in [0, 0.05) is 18.6 Å². The molecule has 1 fully saturated rings. The van der Waals surface area contributed by atoms with E-state index in [0.717, 1.165) is 5.01 Å². The molecule has 1 aromatic rings. The van der Waals surface area contributed by atoms with Gasteiger partial charge in [0.15, 0.2) is 0 Å². The van der Waals surface area contributed by atoms with Gasteiger partial charge >= 0.3 is 0 Å². The molecule has 0 unspecified atom stereocenters. The molecule has 0 aliphatic carbocycles. The van der Waals surface area contributed by atoms with Gasteiger partial charge in [-0.2, -0.15) is 0 Å². The molecular formula is C13H15BrN4O3. The van der Waals surface area contributed by atoms with E-state index >= 15 is 0 Å². The number of hydrazine groups is 2. The molecule has 1 aliphatic heterocycles. The second kappa shape index (κ2) is 6.33. The molecule has 0 spiro atoms. The van der Waals surface area contributed by atoms with Crippen molar-refractivity contribution in [1.29, 1.82) is 0 Å². The van der Waals surface area contributed by atoms with Gasteiger partial charge in [-0.3, -0.25) is 19.8 Å². The molecule has 8 heteroatoms. The van der Waals surface area contributed by atoms with E-state index in [0.29, 0.717) is 10.0 Å². The highest BCUT2D eigenvalue weighted by Crippen LogP contribution is 2.16. The molecule has 1 aromatic carbocycles. The fourth-order valence-electron chi connectivity index (χ4n) is 2.02. The van der Waals surface area contributed by atoms with E-state index < -0.39 is 11.9 Å². The molecule has 112 valence electrons. The summed E-state index contributed by atoms with van der Waals surface area (Å²) in [5, 5.41) is 2.46. The zero-order valence-corrected chi connectivity index (χ0v) is 13.2. The van der Waals surface area contributed by atoms with Crippen molar-refractivity contribution in [2.24, 2.45) is 0 Å². The average molecular weight is 355 g/mol. The lowest BCUT2D eigenvalue weighted by molar-refractivity contribution is -0.153. The average Bonchev–Trinajstić information content (AvgIpc) is 2.71. The van der Waals surface area contributed by atoms with E-state index in [1.54, 1.807) is 38.4 Å². The standard InChI is InChI=1S/C13H15BrN4O3/c1-17(2)18-11(19)7-10(13(18)21)15-16-12(20)8-5-3-4-6-9(8)14/h3-6,10,15H,7H2,1-2H3,(H,16,20)/t10-/m0/s1. The zero-order chi connectivity index (χ0) is 15.6. The van der Waals surface area contributed by atoms with Gasteiger partial charge in [0.2, 0.25) is 5.91 Å². The maximum Gasteiger partial charge on any atom is 0.266 e. The first-order chi connectivity index (χ1) is 9.91. The molecule has 1 atom stereocenters. The van der Waals surface area contributed by atoms with E-state index in [1.165, 1.54) is 5.01 Å². The largest absolute Gasteiger partial charge is 0.287 e. The predicted octanol–water partition coefficient (Wildman–Crippen LogP) is 0.288. The highest BCUT2D eigenvalue weighted by molar-refractivity contribution is 9.10. The van der Waals surface area contributed by atoms with Crippen LogP contribution in [-0.2, 0) is 9.59 Å². The summed E-state index contributed by atoms with van der Waals surface area (Å²) in [6, 6.07) is 6.16. The topological polar surface area (TPSA) is 81.8 Å². The second-order valence-corrected chi connectivity index (χ2v) is 5.58. The number of hydrogen-bond acceptors (Lipinski definition) is 5. The number of nitrogens with one attached hydrogen (secondary N) is 2. The molecule has 0 aromatic heterocycles. The number of imide groups is 1. The van der Waals surface area contributed by atoms with Crippen molar-refractivity contribution >= 4 is 33.7 Å². The molecule has 2 rings (SSSR count). The minimum absolute atomic E-state index is 0.00720. The van der Waals surface area contributed by atoms with Gasteiger partial charge in [0.1, 0.15) is 6.04 Å². The summed E-state index contributed by atoms with van der Waals surface area (Å²) in [5.74, 6) is -1.08. The van der Waals surface area contributed by atoms with Gasteiger partial charge in [-0.15, -0.1) is 0 Å². The summed E-state index contributed by atoms with van der Waals surface area (Å²) in [6.45, 7) is 0. The Morgan fingerprint density at radius 2 is 2.00 bits per heavy atom. The number of benzene rings is 1. The van der Waals surface area contributed by atoms with Gasteiger partial charge in [-0.25, -0.2) is 15.4 Å². The molecule has 0 bridgehead atoms. The summed E-state index contributed by atoms with van der Waals surface area (Å²) >= 11 is 3.28. The van der Waals surface area contributed by atoms with Gasteiger partial charge in [-0.05, 0) is 28.1 Å². The predicted molar refractivity (Wildman–Crippen MR) is 78.7 cm³/mol. The normalized spacial score (nSPS) is 18.5. The van der Waals surface area contributed by atoms with Crippen LogP contribution in [0.4, 0.5) is 0 Å². The highest BCUT2D eigenvalue weighted by Gasteiger charge is 2.40. The molecule has 21 heavy (non-hydrogen) atoms. The molecule has 1 saturated heterocycles. The Hall–Kier alpha value is -1.77. The van der Waals surface area contributed by atoms with Crippen molar-refractivity contribution < 1.29 is 14.4 Å². The Kier molecular flexibility index (Phi) is 4.71. The zero-order valence-electron chi connectivity index (χ0n) is 11.6. The van der Waals surface area contributed by atoms with Gasteiger partial charge in [0.05, 0.1) is 12.0 Å². The number of carbonyl (C=O) groups is 3. The van der Waals surface area contributed by atoms with E-state index in [4.69, 9.17) is 0 Å². The van der Waals surface area contributed by atoms with Crippen LogP contribution in [0.15, 0.2) is 28.7 Å². The summed E-state index contributed by atoms with van der Waals surface area (Å²) in [6.07, 6.45) is 0.00720. The van der Waals surface area contributed by atoms with Crippen LogP contribution in [0.2, 0.25) is 0 Å². The number of halogens is 1. The Morgan fingerprint density at radius 3 is 2.57 bits per heavy atom. The molecule has 7 nitrogen and oxygen atoms in total. The Morgan fingerprint density at radius 1 is 1.33 bits per heavy atom. The first-order valence-electron chi connectivity index (χ1n) is 6.26. The lowest BCUT2D eigenvalue weighted by atomic mass is 10.2. The fraction of sp³-hybridized carbons (Fsp3) is 0.308. The van der Waals surface area contributed by atoms with Crippen LogP contribution in [0.3, 0.4) is 0 Å². The lowest BCUT2D eigenvalue weighted by Gasteiger charge is -2.21. The van der Waals surface area contributed by atoms with Crippen LogP contribution in [0.1, 0.15) is 16.8 Å². The lowest BCUT2D eigenvalue weighted by Crippen LogP contribution is -2.50. The molecular weight excluding hydrogens is 340 g/mol. The van der Waals surface area contributed by atoms with Crippen LogP contribution in [-0.4, -0.2) is 47.9 Å². The molecule has 2 N–H and O–H groups in total. The maximum absolute atomic E-state index is 12.0. The molecule has 0 saturated carbocycles. The number of rotatable bonds is 4. The first kappa shape index (κ1) is 15.6. The molecule has 0 radical (unpaired) electrons. The van der Waals surface area contributed by atoms with Gasteiger partial charge in [-0.1, -0.05) is 12.1 Å². The van der Waals surface area contributed by atoms with Crippen molar-refractivity contribution in [3.63, 3.8) is 0 Å². The first-order valence-corrected chi connectivity index (χ1v) is 7.05. The summed E-state index contributed by atoms with van der Waals surface area (Å²) in [7, 11) is 3.22. The molecule has 3 amide bonds. The smallest absolute Gasteiger partial charge is 0.266 e. The number of amides is 3. The van der Waals surface area contributed by atoms with Crippen molar-refractivity contribution in [2.75, 3.05) is 14.1 Å². The van der Waals surface area contributed by atoms with Crippen LogP contribution < -0.4 is 10.9 Å². The number of nitrogens with zero attached hydrogens (tertiary/aromatic N) is 2. The second-order valence-electron chi connectivity index (χ2n) is 4.73. The summed E-state index contributed by atoms with van der Waals surface area (Å²) in [5.41, 5.74) is 5.50. The number of hydrogen-bond donors (Lipinski definition) is 2. The third-order valence-electron chi connectivity index (χ3n) is 3.00. The van der Waals surface area contributed by atoms with E-state index in [2.05, 4.69) is 26.8 Å². The third-order valence-corrected chi connectivity index (χ3v) is 3.69.